The number of carbonyl (C=O) groups is 1. The highest BCUT2D eigenvalue weighted by molar-refractivity contribution is 7.20. The number of carbonyl (C=O) groups excluding carboxylic acids is 1. The highest BCUT2D eigenvalue weighted by Crippen LogP contribution is 2.33. The number of rotatable bonds is 6. The van der Waals surface area contributed by atoms with E-state index < -0.39 is 0 Å². The summed E-state index contributed by atoms with van der Waals surface area (Å²) < 4.78 is 11.1. The van der Waals surface area contributed by atoms with Crippen LogP contribution < -0.4 is 4.74 Å². The van der Waals surface area contributed by atoms with Crippen LogP contribution in [-0.4, -0.2) is 41.0 Å². The summed E-state index contributed by atoms with van der Waals surface area (Å²) in [5, 5.41) is 0.933. The number of furan rings is 1. The molecule has 0 saturated carbocycles. The van der Waals surface area contributed by atoms with Gasteiger partial charge in [0.25, 0.3) is 5.91 Å². The largest absolute Gasteiger partial charge is 0.492 e. The number of thiophene rings is 1. The van der Waals surface area contributed by atoms with E-state index in [1.54, 1.807) is 24.3 Å². The molecular formula is C22H21N3O3S. The first-order valence-electron chi connectivity index (χ1n) is 9.29. The first-order valence-corrected chi connectivity index (χ1v) is 10.1. The van der Waals surface area contributed by atoms with Crippen molar-refractivity contribution in [2.75, 3.05) is 20.2 Å². The molecule has 1 amide bonds. The molecule has 0 aliphatic carbocycles. The Morgan fingerprint density at radius 1 is 1.14 bits per heavy atom. The van der Waals surface area contributed by atoms with Crippen molar-refractivity contribution < 1.29 is 13.9 Å². The van der Waals surface area contributed by atoms with Gasteiger partial charge in [-0.2, -0.15) is 0 Å². The molecule has 7 heteroatoms. The van der Waals surface area contributed by atoms with Gasteiger partial charge in [0.2, 0.25) is 0 Å². The molecule has 29 heavy (non-hydrogen) atoms. The Balaban J connectivity index is 1.54. The fraction of sp³-hybridized carbons (Fsp3) is 0.227. The number of aromatic nitrogens is 2. The molecule has 4 rings (SSSR count). The van der Waals surface area contributed by atoms with Gasteiger partial charge in [-0.15, -0.1) is 11.3 Å². The van der Waals surface area contributed by atoms with Gasteiger partial charge in [-0.3, -0.25) is 4.79 Å². The van der Waals surface area contributed by atoms with Crippen molar-refractivity contribution in [2.24, 2.45) is 0 Å². The third-order valence-corrected chi connectivity index (χ3v) is 5.87. The normalized spacial score (nSPS) is 11.0. The number of nitrogens with zero attached hydrogens (tertiary/aromatic N) is 3. The average Bonchev–Trinajstić information content (AvgIpc) is 3.36. The maximum absolute atomic E-state index is 13.0. The van der Waals surface area contributed by atoms with Crippen molar-refractivity contribution in [1.82, 2.24) is 14.9 Å². The van der Waals surface area contributed by atoms with Crippen LogP contribution in [-0.2, 0) is 0 Å². The zero-order chi connectivity index (χ0) is 20.4. The molecule has 0 saturated heterocycles. The minimum Gasteiger partial charge on any atom is -0.492 e. The molecule has 4 aromatic rings. The Bertz CT molecular complexity index is 1140. The zero-order valence-electron chi connectivity index (χ0n) is 16.5. The first kappa shape index (κ1) is 19.1. The molecule has 0 radical (unpaired) electrons. The Morgan fingerprint density at radius 3 is 2.66 bits per heavy atom. The maximum atomic E-state index is 13.0. The van der Waals surface area contributed by atoms with Crippen molar-refractivity contribution in [1.29, 1.82) is 0 Å². The van der Waals surface area contributed by atoms with Crippen LogP contribution in [0.2, 0.25) is 0 Å². The van der Waals surface area contributed by atoms with Crippen LogP contribution in [0.15, 0.2) is 53.1 Å². The van der Waals surface area contributed by atoms with Crippen LogP contribution in [0, 0.1) is 13.8 Å². The molecule has 3 aromatic heterocycles. The SMILES string of the molecule is Cc1nc(-c2ccco2)nc2sc(C(=O)N(C)CCOc3ccccc3)c(C)c12. The fourth-order valence-corrected chi connectivity index (χ4v) is 4.38. The third kappa shape index (κ3) is 3.86. The monoisotopic (exact) mass is 407 g/mol. The third-order valence-electron chi connectivity index (χ3n) is 4.69. The van der Waals surface area contributed by atoms with E-state index in [4.69, 9.17) is 9.15 Å². The molecule has 6 nitrogen and oxygen atoms in total. The van der Waals surface area contributed by atoms with E-state index in [0.717, 1.165) is 27.2 Å². The minimum absolute atomic E-state index is 0.0406. The van der Waals surface area contributed by atoms with Crippen molar-refractivity contribution in [3.63, 3.8) is 0 Å². The Labute approximate surface area is 172 Å². The lowest BCUT2D eigenvalue weighted by molar-refractivity contribution is 0.0778. The number of fused-ring (bicyclic) bond motifs is 1. The number of likely N-dealkylation sites (N-methyl/N-ethyl adjacent to an activating group) is 1. The summed E-state index contributed by atoms with van der Waals surface area (Å²) in [6, 6.07) is 13.2. The van der Waals surface area contributed by atoms with E-state index in [-0.39, 0.29) is 5.91 Å². The van der Waals surface area contributed by atoms with Crippen LogP contribution in [0.25, 0.3) is 21.8 Å². The second-order valence-corrected chi connectivity index (χ2v) is 7.73. The topological polar surface area (TPSA) is 68.5 Å². The van der Waals surface area contributed by atoms with Crippen molar-refractivity contribution >= 4 is 27.5 Å². The van der Waals surface area contributed by atoms with Gasteiger partial charge in [0.1, 0.15) is 17.2 Å². The number of hydrogen-bond acceptors (Lipinski definition) is 6. The second-order valence-electron chi connectivity index (χ2n) is 6.73. The molecule has 0 aliphatic heterocycles. The lowest BCUT2D eigenvalue weighted by atomic mass is 10.1. The summed E-state index contributed by atoms with van der Waals surface area (Å²) in [6.07, 6.45) is 1.60. The molecule has 148 valence electrons. The molecule has 1 aromatic carbocycles. The first-order chi connectivity index (χ1) is 14.0. The van der Waals surface area contributed by atoms with Crippen LogP contribution >= 0.6 is 11.3 Å². The molecule has 0 N–H and O–H groups in total. The molecule has 0 aliphatic rings. The number of amides is 1. The zero-order valence-corrected chi connectivity index (χ0v) is 17.3. The van der Waals surface area contributed by atoms with E-state index in [1.807, 2.05) is 50.2 Å². The van der Waals surface area contributed by atoms with Gasteiger partial charge in [-0.05, 0) is 43.7 Å². The Kier molecular flexibility index (Phi) is 5.31. The molecule has 0 spiro atoms. The van der Waals surface area contributed by atoms with Crippen molar-refractivity contribution in [3.8, 4) is 17.3 Å². The molecule has 0 atom stereocenters. The summed E-state index contributed by atoms with van der Waals surface area (Å²) in [7, 11) is 1.79. The Morgan fingerprint density at radius 2 is 1.93 bits per heavy atom. The average molecular weight is 407 g/mol. The van der Waals surface area contributed by atoms with Gasteiger partial charge in [-0.25, -0.2) is 9.97 Å². The van der Waals surface area contributed by atoms with Gasteiger partial charge in [0.15, 0.2) is 11.6 Å². The van der Waals surface area contributed by atoms with Crippen LogP contribution in [0.4, 0.5) is 0 Å². The van der Waals surface area contributed by atoms with Crippen LogP contribution in [0.5, 0.6) is 5.75 Å². The van der Waals surface area contributed by atoms with E-state index in [9.17, 15) is 4.79 Å². The molecule has 0 unspecified atom stereocenters. The Hall–Kier alpha value is -3.19. The second kappa shape index (κ2) is 8.05. The quantitative estimate of drug-likeness (QED) is 0.463. The fourth-order valence-electron chi connectivity index (χ4n) is 3.15. The summed E-state index contributed by atoms with van der Waals surface area (Å²) in [4.78, 5) is 25.3. The summed E-state index contributed by atoms with van der Waals surface area (Å²) in [5.74, 6) is 1.90. The minimum atomic E-state index is -0.0406. The van der Waals surface area contributed by atoms with Gasteiger partial charge >= 0.3 is 0 Å². The van der Waals surface area contributed by atoms with E-state index in [2.05, 4.69) is 9.97 Å². The summed E-state index contributed by atoms with van der Waals surface area (Å²) >= 11 is 1.39. The van der Waals surface area contributed by atoms with Crippen LogP contribution in [0.1, 0.15) is 20.9 Å². The van der Waals surface area contributed by atoms with Gasteiger partial charge in [-0.1, -0.05) is 18.2 Å². The predicted octanol–water partition coefficient (Wildman–Crippen LogP) is 4.72. The lowest BCUT2D eigenvalue weighted by Gasteiger charge is -2.17. The summed E-state index contributed by atoms with van der Waals surface area (Å²) in [6.45, 7) is 4.80. The maximum Gasteiger partial charge on any atom is 0.264 e. The van der Waals surface area contributed by atoms with E-state index >= 15 is 0 Å². The predicted molar refractivity (Wildman–Crippen MR) is 113 cm³/mol. The number of aryl methyl sites for hydroxylation is 2. The van der Waals surface area contributed by atoms with Gasteiger partial charge in [0, 0.05) is 12.4 Å². The molecule has 3 heterocycles. The van der Waals surface area contributed by atoms with Gasteiger partial charge < -0.3 is 14.1 Å². The van der Waals surface area contributed by atoms with Crippen molar-refractivity contribution in [2.45, 2.75) is 13.8 Å². The molecular weight excluding hydrogens is 386 g/mol. The van der Waals surface area contributed by atoms with Crippen molar-refractivity contribution in [3.05, 3.63) is 64.9 Å². The number of benzene rings is 1. The number of ether oxygens (including phenoxy) is 1. The number of para-hydroxylation sites is 1. The smallest absolute Gasteiger partial charge is 0.264 e. The highest BCUT2D eigenvalue weighted by Gasteiger charge is 2.22. The van der Waals surface area contributed by atoms with Gasteiger partial charge in [0.05, 0.1) is 23.4 Å². The van der Waals surface area contributed by atoms with Crippen LogP contribution in [0.3, 0.4) is 0 Å². The lowest BCUT2D eigenvalue weighted by Crippen LogP contribution is -2.30. The standard InChI is InChI=1S/C22H21N3O3S/c1-14-18-15(2)23-20(17-10-7-12-28-17)24-21(18)29-19(14)22(26)25(3)11-13-27-16-8-5-4-6-9-16/h4-10,12H,11,13H2,1-3H3. The molecule has 0 bridgehead atoms. The van der Waals surface area contributed by atoms with E-state index in [1.165, 1.54) is 11.3 Å². The number of hydrogen-bond donors (Lipinski definition) is 0. The molecule has 0 fully saturated rings. The van der Waals surface area contributed by atoms with E-state index in [0.29, 0.717) is 29.6 Å². The summed E-state index contributed by atoms with van der Waals surface area (Å²) in [5.41, 5.74) is 1.75. The highest BCUT2D eigenvalue weighted by atomic mass is 32.1.